The van der Waals surface area contributed by atoms with Crippen LogP contribution in [0.25, 0.3) is 0 Å². The van der Waals surface area contributed by atoms with Gasteiger partial charge in [0.25, 0.3) is 0 Å². The highest BCUT2D eigenvalue weighted by Crippen LogP contribution is 2.41. The molecule has 1 aromatic heterocycles. The van der Waals surface area contributed by atoms with Gasteiger partial charge in [-0.2, -0.15) is 0 Å². The van der Waals surface area contributed by atoms with Gasteiger partial charge in [0.05, 0.1) is 0 Å². The van der Waals surface area contributed by atoms with E-state index in [9.17, 15) is 0 Å². The molecule has 2 atom stereocenters. The second kappa shape index (κ2) is 3.31. The Labute approximate surface area is 91.3 Å². The molecule has 3 heterocycles. The Kier molecular flexibility index (Phi) is 2.06. The van der Waals surface area contributed by atoms with E-state index in [1.54, 1.807) is 0 Å². The Morgan fingerprint density at radius 2 is 2.33 bits per heavy atom. The number of aromatic nitrogens is 1. The van der Waals surface area contributed by atoms with E-state index in [1.165, 1.54) is 29.7 Å². The maximum absolute atomic E-state index is 4.64. The zero-order valence-corrected chi connectivity index (χ0v) is 9.53. The molecule has 0 spiro atoms. The lowest BCUT2D eigenvalue weighted by Gasteiger charge is -2.32. The van der Waals surface area contributed by atoms with Gasteiger partial charge in [-0.3, -0.25) is 9.88 Å². The molecule has 1 saturated heterocycles. The summed E-state index contributed by atoms with van der Waals surface area (Å²) in [5.74, 6) is 0. The number of aryl methyl sites for hydroxylation is 1. The van der Waals surface area contributed by atoms with E-state index >= 15 is 0 Å². The number of likely N-dealkylation sites (N-methyl/N-ethyl adjacent to an activating group) is 1. The van der Waals surface area contributed by atoms with Crippen LogP contribution in [0.4, 0.5) is 0 Å². The summed E-state index contributed by atoms with van der Waals surface area (Å²) >= 11 is 0. The molecule has 2 aliphatic rings. The van der Waals surface area contributed by atoms with Gasteiger partial charge in [-0.05, 0) is 37.4 Å². The van der Waals surface area contributed by atoms with Gasteiger partial charge in [-0.15, -0.1) is 0 Å². The third kappa shape index (κ3) is 1.31. The molecule has 0 amide bonds. The quantitative estimate of drug-likeness (QED) is 0.695. The van der Waals surface area contributed by atoms with E-state index in [4.69, 9.17) is 0 Å². The van der Waals surface area contributed by atoms with E-state index in [1.807, 2.05) is 0 Å². The fourth-order valence-corrected chi connectivity index (χ4v) is 3.06. The summed E-state index contributed by atoms with van der Waals surface area (Å²) in [5, 5.41) is 0. The van der Waals surface area contributed by atoms with E-state index in [0.29, 0.717) is 6.04 Å². The molecule has 1 fully saturated rings. The van der Waals surface area contributed by atoms with Gasteiger partial charge in [0, 0.05) is 30.4 Å². The highest BCUT2D eigenvalue weighted by Gasteiger charge is 2.37. The number of pyridine rings is 1. The molecule has 0 N–H and O–H groups in total. The van der Waals surface area contributed by atoms with Crippen molar-refractivity contribution in [3.05, 3.63) is 29.1 Å². The molecule has 80 valence electrons. The van der Waals surface area contributed by atoms with Crippen LogP contribution in [0.5, 0.6) is 0 Å². The van der Waals surface area contributed by atoms with Gasteiger partial charge < -0.3 is 0 Å². The first-order valence-corrected chi connectivity index (χ1v) is 5.99. The Hall–Kier alpha value is -0.890. The average Bonchev–Trinajstić information content (AvgIpc) is 2.51. The minimum Gasteiger partial charge on any atom is -0.296 e. The van der Waals surface area contributed by atoms with E-state index in [-0.39, 0.29) is 0 Å². The summed E-state index contributed by atoms with van der Waals surface area (Å²) in [6, 6.07) is 3.78. The minimum atomic E-state index is 0.651. The average molecular weight is 202 g/mol. The highest BCUT2D eigenvalue weighted by atomic mass is 15.2. The van der Waals surface area contributed by atoms with Gasteiger partial charge in [-0.1, -0.05) is 13.0 Å². The lowest BCUT2D eigenvalue weighted by Crippen LogP contribution is -2.34. The van der Waals surface area contributed by atoms with Crippen LogP contribution >= 0.6 is 0 Å². The molecular weight excluding hydrogens is 184 g/mol. The summed E-state index contributed by atoms with van der Waals surface area (Å²) < 4.78 is 0. The number of hydrogen-bond acceptors (Lipinski definition) is 2. The predicted octanol–water partition coefficient (Wildman–Crippen LogP) is 2.34. The zero-order chi connectivity index (χ0) is 10.4. The molecule has 2 unspecified atom stereocenters. The highest BCUT2D eigenvalue weighted by molar-refractivity contribution is 5.33. The van der Waals surface area contributed by atoms with Crippen molar-refractivity contribution < 1.29 is 0 Å². The molecular formula is C13H18N2. The van der Waals surface area contributed by atoms with Crippen LogP contribution in [0.1, 0.15) is 42.6 Å². The summed E-state index contributed by atoms with van der Waals surface area (Å²) in [7, 11) is 2.27. The first-order chi connectivity index (χ1) is 7.29. The maximum atomic E-state index is 4.64. The predicted molar refractivity (Wildman–Crippen MR) is 60.8 cm³/mol. The molecule has 0 radical (unpaired) electrons. The molecule has 2 bridgehead atoms. The van der Waals surface area contributed by atoms with Crippen molar-refractivity contribution in [2.75, 3.05) is 7.05 Å². The lowest BCUT2D eigenvalue weighted by atomic mass is 9.96. The number of rotatable bonds is 1. The van der Waals surface area contributed by atoms with Gasteiger partial charge in [0.15, 0.2) is 0 Å². The second-order valence-electron chi connectivity index (χ2n) is 4.85. The van der Waals surface area contributed by atoms with Gasteiger partial charge in [0.1, 0.15) is 0 Å². The molecule has 2 nitrogen and oxygen atoms in total. The Morgan fingerprint density at radius 3 is 3.13 bits per heavy atom. The monoisotopic (exact) mass is 202 g/mol. The van der Waals surface area contributed by atoms with Crippen molar-refractivity contribution in [3.8, 4) is 0 Å². The first-order valence-electron chi connectivity index (χ1n) is 5.99. The standard InChI is InChI=1S/C13H18N2/c1-3-9-6-11-12(14-8-9)7-10-4-5-13(11)15(10)2/h6,8,10,13H,3-5,7H2,1-2H3. The van der Waals surface area contributed by atoms with Crippen molar-refractivity contribution in [3.63, 3.8) is 0 Å². The maximum Gasteiger partial charge on any atom is 0.0467 e. The molecule has 2 heteroatoms. The van der Waals surface area contributed by atoms with E-state index in [2.05, 4.69) is 36.1 Å². The van der Waals surface area contributed by atoms with Crippen molar-refractivity contribution >= 4 is 0 Å². The van der Waals surface area contributed by atoms with Crippen molar-refractivity contribution in [2.45, 2.75) is 44.7 Å². The summed E-state index contributed by atoms with van der Waals surface area (Å²) in [4.78, 5) is 7.18. The molecule has 15 heavy (non-hydrogen) atoms. The first kappa shape index (κ1) is 9.34. The largest absolute Gasteiger partial charge is 0.296 e. The van der Waals surface area contributed by atoms with Crippen molar-refractivity contribution in [1.82, 2.24) is 9.88 Å². The fourth-order valence-electron chi connectivity index (χ4n) is 3.06. The van der Waals surface area contributed by atoms with Gasteiger partial charge >= 0.3 is 0 Å². The van der Waals surface area contributed by atoms with Crippen LogP contribution in [0, 0.1) is 0 Å². The number of fused-ring (bicyclic) bond motifs is 4. The topological polar surface area (TPSA) is 16.1 Å². The van der Waals surface area contributed by atoms with E-state index in [0.717, 1.165) is 18.9 Å². The second-order valence-corrected chi connectivity index (χ2v) is 4.85. The van der Waals surface area contributed by atoms with Crippen LogP contribution < -0.4 is 0 Å². The minimum absolute atomic E-state index is 0.651. The van der Waals surface area contributed by atoms with Crippen LogP contribution in [-0.2, 0) is 12.8 Å². The molecule has 3 rings (SSSR count). The van der Waals surface area contributed by atoms with Crippen molar-refractivity contribution in [1.29, 1.82) is 0 Å². The zero-order valence-electron chi connectivity index (χ0n) is 9.53. The fraction of sp³-hybridized carbons (Fsp3) is 0.615. The van der Waals surface area contributed by atoms with Crippen molar-refractivity contribution in [2.24, 2.45) is 0 Å². The Bertz CT molecular complexity index is 386. The SMILES string of the molecule is CCc1cnc2c(c1)C1CCC(C2)N1C. The molecule has 0 saturated carbocycles. The molecule has 1 aromatic rings. The molecule has 0 aliphatic carbocycles. The van der Waals surface area contributed by atoms with Crippen LogP contribution in [0.2, 0.25) is 0 Å². The summed E-state index contributed by atoms with van der Waals surface area (Å²) in [6.45, 7) is 2.20. The lowest BCUT2D eigenvalue weighted by molar-refractivity contribution is 0.222. The smallest absolute Gasteiger partial charge is 0.0467 e. The third-order valence-electron chi connectivity index (χ3n) is 4.10. The normalized spacial score (nSPS) is 29.2. The number of nitrogens with zero attached hydrogens (tertiary/aromatic N) is 2. The third-order valence-corrected chi connectivity index (χ3v) is 4.10. The molecule has 0 aromatic carbocycles. The van der Waals surface area contributed by atoms with Gasteiger partial charge in [0.2, 0.25) is 0 Å². The Balaban J connectivity index is 2.07. The van der Waals surface area contributed by atoms with Crippen LogP contribution in [0.3, 0.4) is 0 Å². The number of hydrogen-bond donors (Lipinski definition) is 0. The molecule has 2 aliphatic heterocycles. The summed E-state index contributed by atoms with van der Waals surface area (Å²) in [5.41, 5.74) is 4.25. The Morgan fingerprint density at radius 1 is 1.47 bits per heavy atom. The van der Waals surface area contributed by atoms with Crippen LogP contribution in [0.15, 0.2) is 12.3 Å². The summed E-state index contributed by atoms with van der Waals surface area (Å²) in [6.07, 6.45) is 6.98. The van der Waals surface area contributed by atoms with Crippen LogP contribution in [-0.4, -0.2) is 23.0 Å². The van der Waals surface area contributed by atoms with Gasteiger partial charge in [-0.25, -0.2) is 0 Å². The van der Waals surface area contributed by atoms with E-state index < -0.39 is 0 Å².